The lowest BCUT2D eigenvalue weighted by Crippen LogP contribution is -2.22. The van der Waals surface area contributed by atoms with Crippen molar-refractivity contribution in [2.75, 3.05) is 13.7 Å². The summed E-state index contributed by atoms with van der Waals surface area (Å²) in [6.45, 7) is 2.82. The second-order valence-corrected chi connectivity index (χ2v) is 5.52. The Kier molecular flexibility index (Phi) is 4.65. The smallest absolute Gasteiger partial charge is 0.124 e. The summed E-state index contributed by atoms with van der Waals surface area (Å²) in [5.41, 5.74) is 0.834. The molecular formula is C14H19BrO3. The van der Waals surface area contributed by atoms with Gasteiger partial charge in [0.15, 0.2) is 0 Å². The summed E-state index contributed by atoms with van der Waals surface area (Å²) < 4.78 is 11.9. The highest BCUT2D eigenvalue weighted by Gasteiger charge is 2.34. The van der Waals surface area contributed by atoms with Crippen LogP contribution in [0.1, 0.15) is 31.4 Å². The summed E-state index contributed by atoms with van der Waals surface area (Å²) in [5.74, 6) is 0.880. The second kappa shape index (κ2) is 6.04. The van der Waals surface area contributed by atoms with Gasteiger partial charge in [0.05, 0.1) is 19.3 Å². The third-order valence-corrected chi connectivity index (χ3v) is 4.07. The molecule has 1 aliphatic heterocycles. The van der Waals surface area contributed by atoms with E-state index >= 15 is 0 Å². The van der Waals surface area contributed by atoms with Crippen LogP contribution in [0.25, 0.3) is 0 Å². The van der Waals surface area contributed by atoms with Crippen LogP contribution in [0.15, 0.2) is 22.7 Å². The maximum Gasteiger partial charge on any atom is 0.124 e. The highest BCUT2D eigenvalue weighted by Crippen LogP contribution is 2.39. The van der Waals surface area contributed by atoms with Gasteiger partial charge in [0.1, 0.15) is 5.75 Å². The Hall–Kier alpha value is -0.580. The number of aliphatic hydroxyl groups excluding tert-OH is 1. The zero-order valence-corrected chi connectivity index (χ0v) is 12.3. The average Bonchev–Trinajstić information content (AvgIpc) is 2.86. The third-order valence-electron chi connectivity index (χ3n) is 3.58. The van der Waals surface area contributed by atoms with E-state index in [-0.39, 0.29) is 12.0 Å². The number of ether oxygens (including phenoxy) is 2. The van der Waals surface area contributed by atoms with Gasteiger partial charge in [-0.05, 0) is 31.0 Å². The fourth-order valence-electron chi connectivity index (χ4n) is 2.61. The Morgan fingerprint density at radius 3 is 3.00 bits per heavy atom. The van der Waals surface area contributed by atoms with Crippen LogP contribution >= 0.6 is 15.9 Å². The molecule has 1 fully saturated rings. The van der Waals surface area contributed by atoms with Gasteiger partial charge in [0, 0.05) is 22.6 Å². The molecule has 1 heterocycles. The Morgan fingerprint density at radius 1 is 1.56 bits per heavy atom. The predicted molar refractivity (Wildman–Crippen MR) is 73.8 cm³/mol. The number of hydrogen-bond donors (Lipinski definition) is 1. The van der Waals surface area contributed by atoms with E-state index in [0.29, 0.717) is 0 Å². The van der Waals surface area contributed by atoms with E-state index < -0.39 is 6.10 Å². The van der Waals surface area contributed by atoms with Crippen LogP contribution in [-0.2, 0) is 4.74 Å². The quantitative estimate of drug-likeness (QED) is 0.926. The van der Waals surface area contributed by atoms with Crippen LogP contribution in [0.4, 0.5) is 0 Å². The number of hydrogen-bond acceptors (Lipinski definition) is 3. The molecule has 0 aliphatic carbocycles. The van der Waals surface area contributed by atoms with Crippen molar-refractivity contribution in [2.24, 2.45) is 5.92 Å². The summed E-state index contributed by atoms with van der Waals surface area (Å²) in [4.78, 5) is 0. The maximum atomic E-state index is 10.6. The van der Waals surface area contributed by atoms with Crippen molar-refractivity contribution in [3.05, 3.63) is 28.2 Å². The standard InChI is InChI=1S/C14H19BrO3/c1-3-12-10(6-7-18-12)14(16)11-8-9(15)4-5-13(11)17-2/h4-5,8,10,12,14,16H,3,6-7H2,1-2H3. The molecule has 3 atom stereocenters. The molecule has 0 spiro atoms. The SMILES string of the molecule is CCC1OCCC1C(O)c1cc(Br)ccc1OC. The maximum absolute atomic E-state index is 10.6. The molecule has 2 rings (SSSR count). The molecule has 0 saturated carbocycles. The van der Waals surface area contributed by atoms with Crippen molar-refractivity contribution in [3.63, 3.8) is 0 Å². The van der Waals surface area contributed by atoms with E-state index in [1.165, 1.54) is 0 Å². The normalized spacial score (nSPS) is 25.1. The molecule has 0 bridgehead atoms. The van der Waals surface area contributed by atoms with Crippen molar-refractivity contribution < 1.29 is 14.6 Å². The van der Waals surface area contributed by atoms with E-state index in [0.717, 1.165) is 35.2 Å². The molecule has 1 aromatic rings. The fraction of sp³-hybridized carbons (Fsp3) is 0.571. The number of halogens is 1. The molecule has 1 aliphatic rings. The summed E-state index contributed by atoms with van der Waals surface area (Å²) in [6, 6.07) is 5.71. The van der Waals surface area contributed by atoms with Crippen molar-refractivity contribution >= 4 is 15.9 Å². The molecule has 1 N–H and O–H groups in total. The van der Waals surface area contributed by atoms with Gasteiger partial charge in [-0.25, -0.2) is 0 Å². The van der Waals surface area contributed by atoms with Crippen LogP contribution in [0.5, 0.6) is 5.75 Å². The Bertz CT molecular complexity index is 408. The van der Waals surface area contributed by atoms with Crippen molar-refractivity contribution in [1.82, 2.24) is 0 Å². The Balaban J connectivity index is 2.27. The summed E-state index contributed by atoms with van der Waals surface area (Å²) >= 11 is 3.44. The van der Waals surface area contributed by atoms with Gasteiger partial charge < -0.3 is 14.6 Å². The summed E-state index contributed by atoms with van der Waals surface area (Å²) in [5, 5.41) is 10.6. The van der Waals surface area contributed by atoms with Crippen molar-refractivity contribution in [1.29, 1.82) is 0 Å². The predicted octanol–water partition coefficient (Wildman–Crippen LogP) is 3.31. The lowest BCUT2D eigenvalue weighted by Gasteiger charge is -2.24. The number of benzene rings is 1. The van der Waals surface area contributed by atoms with E-state index in [1.807, 2.05) is 18.2 Å². The molecule has 0 radical (unpaired) electrons. The molecule has 1 aromatic carbocycles. The zero-order chi connectivity index (χ0) is 13.1. The highest BCUT2D eigenvalue weighted by atomic mass is 79.9. The van der Waals surface area contributed by atoms with E-state index in [2.05, 4.69) is 22.9 Å². The van der Waals surface area contributed by atoms with E-state index in [4.69, 9.17) is 9.47 Å². The van der Waals surface area contributed by atoms with Gasteiger partial charge in [-0.1, -0.05) is 22.9 Å². The molecule has 0 aromatic heterocycles. The van der Waals surface area contributed by atoms with Crippen LogP contribution in [0, 0.1) is 5.92 Å². The molecule has 100 valence electrons. The molecule has 0 amide bonds. The minimum absolute atomic E-state index is 0.142. The molecule has 3 unspecified atom stereocenters. The summed E-state index contributed by atoms with van der Waals surface area (Å²) in [7, 11) is 1.63. The van der Waals surface area contributed by atoms with E-state index in [9.17, 15) is 5.11 Å². The Labute approximate surface area is 116 Å². The molecule has 18 heavy (non-hydrogen) atoms. The minimum Gasteiger partial charge on any atom is -0.496 e. The van der Waals surface area contributed by atoms with Crippen LogP contribution in [0.3, 0.4) is 0 Å². The van der Waals surface area contributed by atoms with Crippen molar-refractivity contribution in [3.8, 4) is 5.75 Å². The molecule has 4 heteroatoms. The number of rotatable bonds is 4. The lowest BCUT2D eigenvalue weighted by atomic mass is 9.88. The molecular weight excluding hydrogens is 296 g/mol. The monoisotopic (exact) mass is 314 g/mol. The molecule has 1 saturated heterocycles. The first-order valence-electron chi connectivity index (χ1n) is 6.30. The largest absolute Gasteiger partial charge is 0.496 e. The van der Waals surface area contributed by atoms with Gasteiger partial charge in [-0.15, -0.1) is 0 Å². The second-order valence-electron chi connectivity index (χ2n) is 4.60. The van der Waals surface area contributed by atoms with Crippen LogP contribution < -0.4 is 4.74 Å². The topological polar surface area (TPSA) is 38.7 Å². The van der Waals surface area contributed by atoms with Crippen LogP contribution in [-0.4, -0.2) is 24.9 Å². The van der Waals surface area contributed by atoms with Gasteiger partial charge in [0.25, 0.3) is 0 Å². The first kappa shape index (κ1) is 13.8. The van der Waals surface area contributed by atoms with Gasteiger partial charge in [0.2, 0.25) is 0 Å². The number of methoxy groups -OCH3 is 1. The van der Waals surface area contributed by atoms with Crippen molar-refractivity contribution in [2.45, 2.75) is 32.0 Å². The molecule has 3 nitrogen and oxygen atoms in total. The first-order chi connectivity index (χ1) is 8.67. The summed E-state index contributed by atoms with van der Waals surface area (Å²) in [6.07, 6.45) is 1.43. The average molecular weight is 315 g/mol. The number of aliphatic hydroxyl groups is 1. The highest BCUT2D eigenvalue weighted by molar-refractivity contribution is 9.10. The van der Waals surface area contributed by atoms with E-state index in [1.54, 1.807) is 7.11 Å². The lowest BCUT2D eigenvalue weighted by molar-refractivity contribution is 0.0297. The van der Waals surface area contributed by atoms with Crippen LogP contribution in [0.2, 0.25) is 0 Å². The third kappa shape index (κ3) is 2.71. The fourth-order valence-corrected chi connectivity index (χ4v) is 2.99. The first-order valence-corrected chi connectivity index (χ1v) is 7.09. The van der Waals surface area contributed by atoms with Gasteiger partial charge in [-0.3, -0.25) is 0 Å². The Morgan fingerprint density at radius 2 is 2.33 bits per heavy atom. The minimum atomic E-state index is -0.537. The zero-order valence-electron chi connectivity index (χ0n) is 10.7. The van der Waals surface area contributed by atoms with Gasteiger partial charge >= 0.3 is 0 Å². The van der Waals surface area contributed by atoms with Gasteiger partial charge in [-0.2, -0.15) is 0 Å².